The number of amides is 1. The summed E-state index contributed by atoms with van der Waals surface area (Å²) in [5.41, 5.74) is -0.0631. The molecule has 0 atom stereocenters. The number of benzene rings is 1. The van der Waals surface area contributed by atoms with Crippen molar-refractivity contribution in [1.82, 2.24) is 9.80 Å². The molecule has 1 heterocycles. The molecule has 0 aromatic heterocycles. The SMILES string of the molecule is CC(C)(O)CN1CCN(C(=O)c2ccc(I)c(Cl)c2)CC1. The van der Waals surface area contributed by atoms with Gasteiger partial charge < -0.3 is 10.0 Å². The third kappa shape index (κ3) is 4.81. The lowest BCUT2D eigenvalue weighted by atomic mass is 10.1. The normalized spacial score (nSPS) is 17.1. The van der Waals surface area contributed by atoms with Gasteiger partial charge in [-0.25, -0.2) is 0 Å². The van der Waals surface area contributed by atoms with Crippen molar-refractivity contribution in [3.63, 3.8) is 0 Å². The Kier molecular flexibility index (Phi) is 5.51. The van der Waals surface area contributed by atoms with E-state index < -0.39 is 5.60 Å². The Morgan fingerprint density at radius 3 is 2.48 bits per heavy atom. The van der Waals surface area contributed by atoms with Gasteiger partial charge in [-0.1, -0.05) is 11.6 Å². The molecule has 1 aliphatic heterocycles. The number of hydrogen-bond donors (Lipinski definition) is 1. The van der Waals surface area contributed by atoms with Gasteiger partial charge in [-0.05, 0) is 54.6 Å². The highest BCUT2D eigenvalue weighted by molar-refractivity contribution is 14.1. The number of β-amino-alcohol motifs (C(OH)–C–C–N with tert-alkyl or cyclic N) is 1. The van der Waals surface area contributed by atoms with Crippen molar-refractivity contribution in [2.45, 2.75) is 19.4 Å². The second-order valence-electron chi connectivity index (χ2n) is 6.01. The monoisotopic (exact) mass is 422 g/mol. The number of carbonyl (C=O) groups is 1. The maximum atomic E-state index is 12.5. The predicted octanol–water partition coefficient (Wildman–Crippen LogP) is 2.47. The molecule has 4 nitrogen and oxygen atoms in total. The number of aliphatic hydroxyl groups is 1. The van der Waals surface area contributed by atoms with Gasteiger partial charge in [0.25, 0.3) is 5.91 Å². The zero-order chi connectivity index (χ0) is 15.6. The largest absolute Gasteiger partial charge is 0.389 e. The summed E-state index contributed by atoms with van der Waals surface area (Å²) in [6.45, 7) is 7.17. The number of nitrogens with zero attached hydrogens (tertiary/aromatic N) is 2. The summed E-state index contributed by atoms with van der Waals surface area (Å²) in [5.74, 6) is 0.0243. The molecular weight excluding hydrogens is 403 g/mol. The zero-order valence-corrected chi connectivity index (χ0v) is 15.2. The Morgan fingerprint density at radius 1 is 1.33 bits per heavy atom. The van der Waals surface area contributed by atoms with Crippen molar-refractivity contribution in [2.24, 2.45) is 0 Å². The van der Waals surface area contributed by atoms with Crippen molar-refractivity contribution in [1.29, 1.82) is 0 Å². The van der Waals surface area contributed by atoms with Gasteiger partial charge in [0.2, 0.25) is 0 Å². The van der Waals surface area contributed by atoms with Crippen LogP contribution in [0.4, 0.5) is 0 Å². The topological polar surface area (TPSA) is 43.8 Å². The minimum Gasteiger partial charge on any atom is -0.389 e. The van der Waals surface area contributed by atoms with Crippen molar-refractivity contribution >= 4 is 40.1 Å². The second kappa shape index (κ2) is 6.81. The first-order valence-electron chi connectivity index (χ1n) is 6.95. The van der Waals surface area contributed by atoms with Gasteiger partial charge in [-0.3, -0.25) is 9.69 Å². The van der Waals surface area contributed by atoms with Crippen LogP contribution in [0, 0.1) is 3.57 Å². The summed E-state index contributed by atoms with van der Waals surface area (Å²) in [7, 11) is 0. The molecule has 1 aliphatic rings. The zero-order valence-electron chi connectivity index (χ0n) is 12.3. The van der Waals surface area contributed by atoms with Crippen molar-refractivity contribution in [3.05, 3.63) is 32.4 Å². The van der Waals surface area contributed by atoms with E-state index in [1.165, 1.54) is 0 Å². The summed E-state index contributed by atoms with van der Waals surface area (Å²) in [6.07, 6.45) is 0. The minimum atomic E-state index is -0.699. The molecule has 0 spiro atoms. The van der Waals surface area contributed by atoms with Crippen LogP contribution in [-0.4, -0.2) is 59.1 Å². The Labute approximate surface area is 144 Å². The van der Waals surface area contributed by atoms with Crippen molar-refractivity contribution in [2.75, 3.05) is 32.7 Å². The highest BCUT2D eigenvalue weighted by atomic mass is 127. The van der Waals surface area contributed by atoms with E-state index in [1.807, 2.05) is 17.0 Å². The summed E-state index contributed by atoms with van der Waals surface area (Å²) < 4.78 is 0.945. The van der Waals surface area contributed by atoms with Gasteiger partial charge >= 0.3 is 0 Å². The van der Waals surface area contributed by atoms with E-state index in [1.54, 1.807) is 19.9 Å². The first kappa shape index (κ1) is 17.0. The predicted molar refractivity (Wildman–Crippen MR) is 92.8 cm³/mol. The van der Waals surface area contributed by atoms with Crippen molar-refractivity contribution < 1.29 is 9.90 Å². The number of rotatable bonds is 3. The summed E-state index contributed by atoms with van der Waals surface area (Å²) in [6, 6.07) is 5.41. The lowest BCUT2D eigenvalue weighted by molar-refractivity contribution is 0.0178. The molecule has 1 saturated heterocycles. The number of carbonyl (C=O) groups excluding carboxylic acids is 1. The van der Waals surface area contributed by atoms with Crippen LogP contribution in [0.3, 0.4) is 0 Å². The molecule has 0 unspecified atom stereocenters. The van der Waals surface area contributed by atoms with E-state index in [0.29, 0.717) is 30.2 Å². The van der Waals surface area contributed by atoms with Crippen LogP contribution >= 0.6 is 34.2 Å². The molecule has 0 aliphatic carbocycles. The molecule has 1 aromatic rings. The van der Waals surface area contributed by atoms with E-state index in [-0.39, 0.29) is 5.91 Å². The van der Waals surface area contributed by atoms with Crippen LogP contribution in [0.2, 0.25) is 5.02 Å². The highest BCUT2D eigenvalue weighted by Gasteiger charge is 2.25. The van der Waals surface area contributed by atoms with Crippen LogP contribution in [0.1, 0.15) is 24.2 Å². The number of hydrogen-bond acceptors (Lipinski definition) is 3. The fourth-order valence-corrected chi connectivity index (χ4v) is 2.98. The lowest BCUT2D eigenvalue weighted by Gasteiger charge is -2.37. The molecule has 1 N–H and O–H groups in total. The lowest BCUT2D eigenvalue weighted by Crippen LogP contribution is -2.52. The Morgan fingerprint density at radius 2 is 1.95 bits per heavy atom. The fourth-order valence-electron chi connectivity index (χ4n) is 2.47. The number of piperazine rings is 1. The smallest absolute Gasteiger partial charge is 0.253 e. The molecule has 21 heavy (non-hydrogen) atoms. The van der Waals surface area contributed by atoms with Gasteiger partial charge in [0, 0.05) is 41.9 Å². The maximum absolute atomic E-state index is 12.5. The third-order valence-electron chi connectivity index (χ3n) is 3.44. The minimum absolute atomic E-state index is 0.0243. The highest BCUT2D eigenvalue weighted by Crippen LogP contribution is 2.21. The van der Waals surface area contributed by atoms with E-state index in [0.717, 1.165) is 16.7 Å². The molecule has 0 bridgehead atoms. The fraction of sp³-hybridized carbons (Fsp3) is 0.533. The molecule has 1 aromatic carbocycles. The van der Waals surface area contributed by atoms with Gasteiger partial charge in [0.15, 0.2) is 0 Å². The van der Waals surface area contributed by atoms with Crippen LogP contribution in [0.15, 0.2) is 18.2 Å². The maximum Gasteiger partial charge on any atom is 0.253 e. The van der Waals surface area contributed by atoms with Gasteiger partial charge in [0.1, 0.15) is 0 Å². The third-order valence-corrected chi connectivity index (χ3v) is 5.01. The van der Waals surface area contributed by atoms with Gasteiger partial charge in [0.05, 0.1) is 10.6 Å². The van der Waals surface area contributed by atoms with Crippen LogP contribution < -0.4 is 0 Å². The van der Waals surface area contributed by atoms with Crippen LogP contribution in [0.25, 0.3) is 0 Å². The molecule has 0 radical (unpaired) electrons. The van der Waals surface area contributed by atoms with E-state index in [4.69, 9.17) is 11.6 Å². The molecule has 6 heteroatoms. The Balaban J connectivity index is 1.95. The molecule has 2 rings (SSSR count). The molecule has 0 saturated carbocycles. The second-order valence-corrected chi connectivity index (χ2v) is 7.58. The summed E-state index contributed by atoms with van der Waals surface area (Å²) in [4.78, 5) is 16.5. The first-order valence-corrected chi connectivity index (χ1v) is 8.41. The molecule has 1 fully saturated rings. The average molecular weight is 423 g/mol. The van der Waals surface area contributed by atoms with Gasteiger partial charge in [-0.15, -0.1) is 0 Å². The van der Waals surface area contributed by atoms with E-state index in [9.17, 15) is 9.90 Å². The van der Waals surface area contributed by atoms with Gasteiger partial charge in [-0.2, -0.15) is 0 Å². The van der Waals surface area contributed by atoms with E-state index >= 15 is 0 Å². The van der Waals surface area contributed by atoms with Crippen molar-refractivity contribution in [3.8, 4) is 0 Å². The summed E-state index contributed by atoms with van der Waals surface area (Å²) in [5, 5.41) is 10.5. The van der Waals surface area contributed by atoms with Crippen LogP contribution in [-0.2, 0) is 0 Å². The quantitative estimate of drug-likeness (QED) is 0.761. The first-order chi connectivity index (χ1) is 9.76. The van der Waals surface area contributed by atoms with Crippen LogP contribution in [0.5, 0.6) is 0 Å². The number of halogens is 2. The summed E-state index contributed by atoms with van der Waals surface area (Å²) >= 11 is 8.23. The average Bonchev–Trinajstić information content (AvgIpc) is 2.40. The molecule has 1 amide bonds. The Bertz CT molecular complexity index is 523. The Hall–Kier alpha value is -0.370. The standard InChI is InChI=1S/C15H20ClIN2O2/c1-15(2,21)10-18-5-7-19(8-6-18)14(20)11-3-4-13(17)12(16)9-11/h3-4,9,21H,5-8,10H2,1-2H3. The molecular formula is C15H20ClIN2O2. The molecule has 116 valence electrons. The van der Waals surface area contributed by atoms with E-state index in [2.05, 4.69) is 27.5 Å².